The number of carbonyl (C=O) groups excluding carboxylic acids is 3. The maximum Gasteiger partial charge on any atom is 0.252 e. The van der Waals surface area contributed by atoms with E-state index in [1.54, 1.807) is 31.2 Å². The molecule has 3 rings (SSSR count). The predicted octanol–water partition coefficient (Wildman–Crippen LogP) is 2.34. The summed E-state index contributed by atoms with van der Waals surface area (Å²) in [5, 5.41) is 11.7. The molecule has 35 heavy (non-hydrogen) atoms. The molecule has 1 heterocycles. The molecule has 7 heteroatoms. The number of hydrogen-bond acceptors (Lipinski definition) is 6. The lowest BCUT2D eigenvalue weighted by atomic mass is 9.89. The minimum Gasteiger partial charge on any atom is -0.388 e. The van der Waals surface area contributed by atoms with E-state index in [0.717, 1.165) is 50.4 Å². The van der Waals surface area contributed by atoms with Gasteiger partial charge in [-0.05, 0) is 55.3 Å². The summed E-state index contributed by atoms with van der Waals surface area (Å²) in [4.78, 5) is 39.4. The van der Waals surface area contributed by atoms with Crippen LogP contribution in [0.25, 0.3) is 0 Å². The molecule has 0 radical (unpaired) electrons. The van der Waals surface area contributed by atoms with Gasteiger partial charge in [0.25, 0.3) is 5.91 Å². The van der Waals surface area contributed by atoms with Crippen LogP contribution >= 0.6 is 0 Å². The van der Waals surface area contributed by atoms with Crippen molar-refractivity contribution < 1.29 is 24.2 Å². The minimum absolute atomic E-state index is 0.0608. The molecular formula is C28H32N2O5. The van der Waals surface area contributed by atoms with Gasteiger partial charge in [0.2, 0.25) is 0 Å². The molecule has 1 fully saturated rings. The Morgan fingerprint density at radius 3 is 2.20 bits per heavy atom. The van der Waals surface area contributed by atoms with Gasteiger partial charge in [0, 0.05) is 49.4 Å². The SMILES string of the molecule is CCC(=O)C(C)(NC(=O)c1ccc(C#Cc2ccc(CN3CCCOCC3)cc2)cc1)C(=O)CO. The minimum atomic E-state index is -1.76. The van der Waals surface area contributed by atoms with Crippen LogP contribution in [0.4, 0.5) is 0 Å². The molecule has 0 spiro atoms. The largest absolute Gasteiger partial charge is 0.388 e. The fraction of sp³-hybridized carbons (Fsp3) is 0.393. The second-order valence-electron chi connectivity index (χ2n) is 8.70. The van der Waals surface area contributed by atoms with E-state index >= 15 is 0 Å². The van der Waals surface area contributed by atoms with Crippen LogP contribution < -0.4 is 5.32 Å². The van der Waals surface area contributed by atoms with Crippen LogP contribution in [0, 0.1) is 11.8 Å². The van der Waals surface area contributed by atoms with Gasteiger partial charge in [-0.3, -0.25) is 19.3 Å². The zero-order chi connectivity index (χ0) is 25.3. The van der Waals surface area contributed by atoms with Crippen molar-refractivity contribution in [3.05, 3.63) is 70.8 Å². The Morgan fingerprint density at radius 2 is 1.60 bits per heavy atom. The highest BCUT2D eigenvalue weighted by Gasteiger charge is 2.40. The Balaban J connectivity index is 1.62. The van der Waals surface area contributed by atoms with Gasteiger partial charge in [0.1, 0.15) is 6.61 Å². The van der Waals surface area contributed by atoms with Crippen molar-refractivity contribution in [2.75, 3.05) is 32.9 Å². The first-order valence-corrected chi connectivity index (χ1v) is 11.9. The van der Waals surface area contributed by atoms with Gasteiger partial charge in [-0.15, -0.1) is 0 Å². The number of aliphatic hydroxyl groups excluding tert-OH is 1. The van der Waals surface area contributed by atoms with Crippen molar-refractivity contribution in [3.8, 4) is 11.8 Å². The molecule has 1 atom stereocenters. The number of aliphatic hydroxyl groups is 1. The van der Waals surface area contributed by atoms with Crippen molar-refractivity contribution in [2.24, 2.45) is 0 Å². The second kappa shape index (κ2) is 12.4. The Kier molecular flexibility index (Phi) is 9.32. The van der Waals surface area contributed by atoms with Crippen LogP contribution in [0.15, 0.2) is 48.5 Å². The van der Waals surface area contributed by atoms with E-state index in [9.17, 15) is 19.5 Å². The fourth-order valence-electron chi connectivity index (χ4n) is 3.86. The molecule has 0 saturated carbocycles. The number of nitrogens with zero attached hydrogens (tertiary/aromatic N) is 1. The number of amides is 1. The van der Waals surface area contributed by atoms with Gasteiger partial charge < -0.3 is 15.2 Å². The standard InChI is InChI=1S/C28H32N2O5/c1-3-25(32)28(2,26(33)20-31)29-27(34)24-13-11-22(12-14-24)6-5-21-7-9-23(10-8-21)19-30-15-4-17-35-18-16-30/h7-14,31H,3-4,15-20H2,1-2H3,(H,29,34). The van der Waals surface area contributed by atoms with E-state index in [-0.39, 0.29) is 6.42 Å². The predicted molar refractivity (Wildman–Crippen MR) is 133 cm³/mol. The smallest absolute Gasteiger partial charge is 0.252 e. The Morgan fingerprint density at radius 1 is 0.971 bits per heavy atom. The molecule has 1 amide bonds. The number of Topliss-reactive ketones (excluding diaryl/α,β-unsaturated/α-hetero) is 2. The van der Waals surface area contributed by atoms with Gasteiger partial charge in [-0.2, -0.15) is 0 Å². The van der Waals surface area contributed by atoms with E-state index in [2.05, 4.69) is 34.2 Å². The summed E-state index contributed by atoms with van der Waals surface area (Å²) in [6.07, 6.45) is 1.12. The Labute approximate surface area is 206 Å². The van der Waals surface area contributed by atoms with E-state index < -0.39 is 29.6 Å². The number of benzene rings is 2. The first-order chi connectivity index (χ1) is 16.9. The summed E-state index contributed by atoms with van der Waals surface area (Å²) in [5.74, 6) is 4.45. The second-order valence-corrected chi connectivity index (χ2v) is 8.70. The molecule has 2 aromatic rings. The molecule has 0 aliphatic carbocycles. The van der Waals surface area contributed by atoms with Crippen LogP contribution in [-0.4, -0.2) is 65.9 Å². The normalized spacial score (nSPS) is 15.7. The summed E-state index contributed by atoms with van der Waals surface area (Å²) in [6, 6.07) is 14.8. The lowest BCUT2D eigenvalue weighted by Gasteiger charge is -2.26. The van der Waals surface area contributed by atoms with E-state index in [1.165, 1.54) is 12.5 Å². The maximum absolute atomic E-state index is 12.6. The highest BCUT2D eigenvalue weighted by Crippen LogP contribution is 2.13. The van der Waals surface area contributed by atoms with Gasteiger partial charge in [-0.1, -0.05) is 30.9 Å². The third kappa shape index (κ3) is 7.09. The van der Waals surface area contributed by atoms with E-state index in [4.69, 9.17) is 4.74 Å². The zero-order valence-corrected chi connectivity index (χ0v) is 20.3. The summed E-state index contributed by atoms with van der Waals surface area (Å²) in [6.45, 7) is 6.59. The van der Waals surface area contributed by atoms with Crippen LogP contribution in [-0.2, 0) is 20.9 Å². The average molecular weight is 477 g/mol. The molecule has 1 aliphatic heterocycles. The van der Waals surface area contributed by atoms with Gasteiger partial charge in [-0.25, -0.2) is 0 Å². The highest BCUT2D eigenvalue weighted by molar-refractivity contribution is 6.15. The van der Waals surface area contributed by atoms with E-state index in [0.29, 0.717) is 5.56 Å². The van der Waals surface area contributed by atoms with Crippen LogP contribution in [0.3, 0.4) is 0 Å². The molecule has 1 unspecified atom stereocenters. The van der Waals surface area contributed by atoms with Crippen LogP contribution in [0.1, 0.15) is 53.7 Å². The summed E-state index contributed by atoms with van der Waals surface area (Å²) >= 11 is 0. The van der Waals surface area contributed by atoms with Crippen molar-refractivity contribution >= 4 is 17.5 Å². The van der Waals surface area contributed by atoms with E-state index in [1.807, 2.05) is 12.1 Å². The first kappa shape index (κ1) is 26.3. The quantitative estimate of drug-likeness (QED) is 0.449. The molecule has 0 aromatic heterocycles. The number of rotatable bonds is 8. The lowest BCUT2D eigenvalue weighted by molar-refractivity contribution is -0.136. The molecule has 0 bridgehead atoms. The molecule has 1 aliphatic rings. The van der Waals surface area contributed by atoms with Gasteiger partial charge in [0.05, 0.1) is 6.61 Å². The van der Waals surface area contributed by atoms with Gasteiger partial charge in [0.15, 0.2) is 17.1 Å². The molecule has 2 N–H and O–H groups in total. The number of ketones is 2. The Bertz CT molecular complexity index is 1070. The zero-order valence-electron chi connectivity index (χ0n) is 20.3. The Hall–Kier alpha value is -3.31. The first-order valence-electron chi connectivity index (χ1n) is 11.9. The lowest BCUT2D eigenvalue weighted by Crippen LogP contribution is -2.58. The molecule has 184 valence electrons. The third-order valence-electron chi connectivity index (χ3n) is 6.12. The maximum atomic E-state index is 12.6. The topological polar surface area (TPSA) is 95.9 Å². The average Bonchev–Trinajstić information content (AvgIpc) is 3.16. The molecule has 2 aromatic carbocycles. The van der Waals surface area contributed by atoms with Crippen LogP contribution in [0.2, 0.25) is 0 Å². The van der Waals surface area contributed by atoms with Gasteiger partial charge >= 0.3 is 0 Å². The number of hydrogen-bond donors (Lipinski definition) is 2. The monoisotopic (exact) mass is 476 g/mol. The van der Waals surface area contributed by atoms with Crippen molar-refractivity contribution in [3.63, 3.8) is 0 Å². The summed E-state index contributed by atoms with van der Waals surface area (Å²) < 4.78 is 5.51. The molecule has 1 saturated heterocycles. The molecular weight excluding hydrogens is 444 g/mol. The van der Waals surface area contributed by atoms with Crippen molar-refractivity contribution in [2.45, 2.75) is 38.8 Å². The van der Waals surface area contributed by atoms with Crippen molar-refractivity contribution in [1.82, 2.24) is 10.2 Å². The summed E-state index contributed by atoms with van der Waals surface area (Å²) in [7, 11) is 0. The van der Waals surface area contributed by atoms with Crippen molar-refractivity contribution in [1.29, 1.82) is 0 Å². The number of ether oxygens (including phenoxy) is 1. The van der Waals surface area contributed by atoms with Crippen LogP contribution in [0.5, 0.6) is 0 Å². The molecule has 7 nitrogen and oxygen atoms in total. The number of carbonyl (C=O) groups is 3. The number of nitrogens with one attached hydrogen (secondary N) is 1. The summed E-state index contributed by atoms with van der Waals surface area (Å²) in [5.41, 5.74) is 1.40. The fourth-order valence-corrected chi connectivity index (χ4v) is 3.86. The highest BCUT2D eigenvalue weighted by atomic mass is 16.5. The third-order valence-corrected chi connectivity index (χ3v) is 6.12.